The van der Waals surface area contributed by atoms with E-state index in [0.717, 1.165) is 31.0 Å². The molecule has 0 aliphatic heterocycles. The van der Waals surface area contributed by atoms with Crippen LogP contribution in [0.3, 0.4) is 0 Å². The third-order valence-electron chi connectivity index (χ3n) is 3.42. The quantitative estimate of drug-likeness (QED) is 0.832. The van der Waals surface area contributed by atoms with Crippen molar-refractivity contribution in [3.8, 4) is 0 Å². The molecule has 0 aromatic heterocycles. The number of hydrogen-bond acceptors (Lipinski definition) is 3. The number of hydrogen-bond donors (Lipinski definition) is 2. The third-order valence-corrected chi connectivity index (χ3v) is 4.88. The van der Waals surface area contributed by atoms with Gasteiger partial charge in [-0.05, 0) is 36.8 Å². The van der Waals surface area contributed by atoms with Gasteiger partial charge >= 0.3 is 0 Å². The van der Waals surface area contributed by atoms with Crippen LogP contribution in [0, 0.1) is 17.0 Å². The van der Waals surface area contributed by atoms with Crippen molar-refractivity contribution in [1.82, 2.24) is 4.72 Å². The van der Waals surface area contributed by atoms with E-state index in [1.807, 2.05) is 0 Å². The van der Waals surface area contributed by atoms with Crippen molar-refractivity contribution in [2.45, 2.75) is 24.2 Å². The normalized spacial score (nSPS) is 17.4. The van der Waals surface area contributed by atoms with Gasteiger partial charge in [-0.3, -0.25) is 0 Å². The fourth-order valence-electron chi connectivity index (χ4n) is 1.99. The van der Waals surface area contributed by atoms with Crippen LogP contribution in [0.25, 0.3) is 0 Å². The maximum Gasteiger partial charge on any atom is 0.246 e. The van der Waals surface area contributed by atoms with Gasteiger partial charge in [-0.1, -0.05) is 6.07 Å². The maximum atomic E-state index is 13.4. The van der Waals surface area contributed by atoms with Crippen LogP contribution in [0.1, 0.15) is 19.3 Å². The molecule has 2 N–H and O–H groups in total. The largest absolute Gasteiger partial charge is 0.396 e. The standard InChI is InChI=1S/C12H15F2NO3S/c13-9-2-1-3-10(14)11(9)19(17,18)15-8-12(4-5-12)6-7-16/h1-3,15-16H,4-8H2. The molecule has 0 bridgehead atoms. The predicted molar refractivity (Wildman–Crippen MR) is 64.9 cm³/mol. The molecule has 0 unspecified atom stereocenters. The van der Waals surface area contributed by atoms with Gasteiger partial charge in [0.1, 0.15) is 11.6 Å². The monoisotopic (exact) mass is 291 g/mol. The average Bonchev–Trinajstić information content (AvgIpc) is 3.07. The summed E-state index contributed by atoms with van der Waals surface area (Å²) in [6, 6.07) is 2.91. The Bertz CT molecular complexity index is 550. The van der Waals surface area contributed by atoms with Crippen LogP contribution in [0.5, 0.6) is 0 Å². The van der Waals surface area contributed by atoms with Gasteiger partial charge in [0.15, 0.2) is 4.90 Å². The van der Waals surface area contributed by atoms with Gasteiger partial charge in [-0.15, -0.1) is 0 Å². The fraction of sp³-hybridized carbons (Fsp3) is 0.500. The van der Waals surface area contributed by atoms with Crippen LogP contribution in [0.4, 0.5) is 8.78 Å². The summed E-state index contributed by atoms with van der Waals surface area (Å²) < 4.78 is 52.9. The number of nitrogens with one attached hydrogen (secondary N) is 1. The molecule has 1 saturated carbocycles. The van der Waals surface area contributed by atoms with E-state index < -0.39 is 26.6 Å². The minimum Gasteiger partial charge on any atom is -0.396 e. The molecule has 0 radical (unpaired) electrons. The Labute approximate surface area is 110 Å². The molecule has 4 nitrogen and oxygen atoms in total. The van der Waals surface area contributed by atoms with Crippen LogP contribution >= 0.6 is 0 Å². The zero-order valence-corrected chi connectivity index (χ0v) is 11.0. The third kappa shape index (κ3) is 3.10. The van der Waals surface area contributed by atoms with Crippen molar-refractivity contribution < 1.29 is 22.3 Å². The Morgan fingerprint density at radius 1 is 1.26 bits per heavy atom. The molecule has 0 atom stereocenters. The van der Waals surface area contributed by atoms with Gasteiger partial charge in [0.25, 0.3) is 0 Å². The van der Waals surface area contributed by atoms with E-state index in [1.165, 1.54) is 0 Å². The highest BCUT2D eigenvalue weighted by molar-refractivity contribution is 7.89. The van der Waals surface area contributed by atoms with Gasteiger partial charge < -0.3 is 5.11 Å². The van der Waals surface area contributed by atoms with E-state index in [9.17, 15) is 17.2 Å². The summed E-state index contributed by atoms with van der Waals surface area (Å²) >= 11 is 0. The first kappa shape index (κ1) is 14.4. The van der Waals surface area contributed by atoms with Gasteiger partial charge in [0.05, 0.1) is 0 Å². The second-order valence-corrected chi connectivity index (χ2v) is 6.55. The number of aliphatic hydroxyl groups is 1. The van der Waals surface area contributed by atoms with E-state index in [1.54, 1.807) is 0 Å². The van der Waals surface area contributed by atoms with Crippen LogP contribution < -0.4 is 4.72 Å². The average molecular weight is 291 g/mol. The van der Waals surface area contributed by atoms with Crippen LogP contribution in [0.2, 0.25) is 0 Å². The molecule has 19 heavy (non-hydrogen) atoms. The van der Waals surface area contributed by atoms with E-state index in [0.29, 0.717) is 6.42 Å². The molecule has 1 aromatic carbocycles. The summed E-state index contributed by atoms with van der Waals surface area (Å²) in [6.07, 6.45) is 2.08. The predicted octanol–water partition coefficient (Wildman–Crippen LogP) is 1.41. The summed E-state index contributed by atoms with van der Waals surface area (Å²) in [7, 11) is -4.21. The summed E-state index contributed by atoms with van der Waals surface area (Å²) in [4.78, 5) is -0.949. The minimum atomic E-state index is -4.21. The first-order valence-electron chi connectivity index (χ1n) is 5.95. The molecule has 1 aromatic rings. The number of aliphatic hydroxyl groups excluding tert-OH is 1. The molecule has 7 heteroatoms. The van der Waals surface area contributed by atoms with Gasteiger partial charge in [-0.2, -0.15) is 0 Å². The minimum absolute atomic E-state index is 0.0320. The summed E-state index contributed by atoms with van der Waals surface area (Å²) in [5, 5.41) is 8.88. The van der Waals surface area contributed by atoms with Gasteiger partial charge in [0.2, 0.25) is 10.0 Å². The molecule has 0 heterocycles. The number of halogens is 2. The Morgan fingerprint density at radius 2 is 1.84 bits per heavy atom. The molecule has 0 spiro atoms. The lowest BCUT2D eigenvalue weighted by Crippen LogP contribution is -2.32. The summed E-state index contributed by atoms with van der Waals surface area (Å²) in [5.74, 6) is -2.22. The highest BCUT2D eigenvalue weighted by Crippen LogP contribution is 2.48. The Morgan fingerprint density at radius 3 is 2.32 bits per heavy atom. The van der Waals surface area contributed by atoms with Crippen molar-refractivity contribution in [3.05, 3.63) is 29.8 Å². The van der Waals surface area contributed by atoms with E-state index in [-0.39, 0.29) is 18.6 Å². The van der Waals surface area contributed by atoms with Gasteiger partial charge in [-0.25, -0.2) is 21.9 Å². The fourth-order valence-corrected chi connectivity index (χ4v) is 3.28. The van der Waals surface area contributed by atoms with Crippen molar-refractivity contribution in [2.75, 3.05) is 13.2 Å². The number of sulfonamides is 1. The van der Waals surface area contributed by atoms with E-state index in [4.69, 9.17) is 5.11 Å². The van der Waals surface area contributed by atoms with Crippen LogP contribution in [-0.4, -0.2) is 26.7 Å². The second kappa shape index (κ2) is 5.15. The van der Waals surface area contributed by atoms with Crippen molar-refractivity contribution in [1.29, 1.82) is 0 Å². The van der Waals surface area contributed by atoms with Crippen LogP contribution in [-0.2, 0) is 10.0 Å². The van der Waals surface area contributed by atoms with Crippen molar-refractivity contribution >= 4 is 10.0 Å². The summed E-state index contributed by atoms with van der Waals surface area (Å²) in [6.45, 7) is 0.0550. The lowest BCUT2D eigenvalue weighted by atomic mass is 10.0. The SMILES string of the molecule is O=S(=O)(NCC1(CCO)CC1)c1c(F)cccc1F. The molecule has 0 amide bonds. The van der Waals surface area contributed by atoms with Gasteiger partial charge in [0, 0.05) is 13.2 Å². The number of rotatable bonds is 6. The molecule has 1 fully saturated rings. The Kier molecular flexibility index (Phi) is 3.89. The molecular weight excluding hydrogens is 276 g/mol. The molecular formula is C12H15F2NO3S. The van der Waals surface area contributed by atoms with Crippen molar-refractivity contribution in [3.63, 3.8) is 0 Å². The van der Waals surface area contributed by atoms with Crippen LogP contribution in [0.15, 0.2) is 23.1 Å². The Hall–Kier alpha value is -1.05. The second-order valence-electron chi connectivity index (χ2n) is 4.85. The lowest BCUT2D eigenvalue weighted by molar-refractivity contribution is 0.249. The zero-order chi connectivity index (χ0) is 14.1. The first-order chi connectivity index (χ1) is 8.90. The Balaban J connectivity index is 2.15. The molecule has 2 rings (SSSR count). The highest BCUT2D eigenvalue weighted by atomic mass is 32.2. The molecule has 0 saturated heterocycles. The summed E-state index contributed by atoms with van der Waals surface area (Å²) in [5.41, 5.74) is -0.260. The first-order valence-corrected chi connectivity index (χ1v) is 7.43. The maximum absolute atomic E-state index is 13.4. The molecule has 106 valence electrons. The van der Waals surface area contributed by atoms with E-state index in [2.05, 4.69) is 4.72 Å². The highest BCUT2D eigenvalue weighted by Gasteiger charge is 2.42. The topological polar surface area (TPSA) is 66.4 Å². The zero-order valence-electron chi connectivity index (χ0n) is 10.2. The lowest BCUT2D eigenvalue weighted by Gasteiger charge is -2.15. The van der Waals surface area contributed by atoms with E-state index >= 15 is 0 Å². The molecule has 1 aliphatic rings. The molecule has 1 aliphatic carbocycles. The van der Waals surface area contributed by atoms with Crippen molar-refractivity contribution in [2.24, 2.45) is 5.41 Å². The number of benzene rings is 1. The smallest absolute Gasteiger partial charge is 0.246 e.